The molecule has 1 nitrogen and oxygen atoms in total. The minimum absolute atomic E-state index is 0. The number of hydrogen-bond donors (Lipinski definition) is 1. The van der Waals surface area contributed by atoms with Gasteiger partial charge < -0.3 is 5.73 Å². The first-order valence-corrected chi connectivity index (χ1v) is 4.03. The summed E-state index contributed by atoms with van der Waals surface area (Å²) in [6, 6.07) is 0. The average Bonchev–Trinajstić information content (AvgIpc) is 2.15. The number of hydrogen-bond acceptors (Lipinski definition) is 1. The molecule has 0 heterocycles. The van der Waals surface area contributed by atoms with Gasteiger partial charge in [0, 0.05) is 0 Å². The quantitative estimate of drug-likeness (QED) is 0.441. The van der Waals surface area contributed by atoms with Crippen molar-refractivity contribution in [1.82, 2.24) is 0 Å². The molecule has 0 amide bonds. The summed E-state index contributed by atoms with van der Waals surface area (Å²) in [5.41, 5.74) is 5.65. The Morgan fingerprint density at radius 2 is 1.55 bits per heavy atom. The number of nitrogens with two attached hydrogens (primary N) is 1. The highest BCUT2D eigenvalue weighted by Crippen LogP contribution is 2.23. The molecule has 0 unspecified atom stereocenters. The van der Waals surface area contributed by atoms with E-state index >= 15 is 0 Å². The zero-order valence-electron chi connectivity index (χ0n) is 6.81. The molecule has 11 heavy (non-hydrogen) atoms. The molecular weight excluding hydrogens is 158 g/mol. The van der Waals surface area contributed by atoms with Crippen LogP contribution in [0.2, 0.25) is 0 Å². The molecule has 0 atom stereocenters. The summed E-state index contributed by atoms with van der Waals surface area (Å²) in [7, 11) is 0. The summed E-state index contributed by atoms with van der Waals surface area (Å²) >= 11 is 0. The first-order chi connectivity index (χ1) is 4.77. The Labute approximate surface area is 75.1 Å². The zero-order chi connectivity index (χ0) is 7.45. The van der Waals surface area contributed by atoms with Crippen LogP contribution in [0.25, 0.3) is 0 Å². The first kappa shape index (κ1) is 10.8. The van der Waals surface area contributed by atoms with Crippen LogP contribution in [0.15, 0.2) is 0 Å². The summed E-state index contributed by atoms with van der Waals surface area (Å²) in [6.07, 6.45) is 12.4. The van der Waals surface area contributed by atoms with E-state index in [1.165, 1.54) is 25.7 Å². The van der Waals surface area contributed by atoms with Crippen LogP contribution in [0.1, 0.15) is 38.5 Å². The first-order valence-electron chi connectivity index (χ1n) is 4.03. The van der Waals surface area contributed by atoms with E-state index in [-0.39, 0.29) is 17.9 Å². The van der Waals surface area contributed by atoms with Gasteiger partial charge in [-0.3, -0.25) is 0 Å². The zero-order valence-corrected chi connectivity index (χ0v) is 7.62. The van der Waals surface area contributed by atoms with Crippen molar-refractivity contribution in [3.8, 4) is 12.3 Å². The van der Waals surface area contributed by atoms with Crippen LogP contribution in [0.5, 0.6) is 0 Å². The topological polar surface area (TPSA) is 26.0 Å². The molecule has 0 spiro atoms. The Balaban J connectivity index is 0.000001000. The van der Waals surface area contributed by atoms with Gasteiger partial charge in [-0.1, -0.05) is 31.6 Å². The molecule has 2 N–H and O–H groups in total. The molecule has 64 valence electrons. The molecular formula is C9H16ClN. The van der Waals surface area contributed by atoms with Gasteiger partial charge in [-0.15, -0.1) is 18.8 Å². The third kappa shape index (κ3) is 3.14. The van der Waals surface area contributed by atoms with Gasteiger partial charge in [0.15, 0.2) is 0 Å². The van der Waals surface area contributed by atoms with E-state index < -0.39 is 0 Å². The molecule has 0 aromatic rings. The van der Waals surface area contributed by atoms with E-state index in [9.17, 15) is 0 Å². The van der Waals surface area contributed by atoms with Crippen molar-refractivity contribution in [3.05, 3.63) is 0 Å². The molecule has 1 fully saturated rings. The van der Waals surface area contributed by atoms with Crippen molar-refractivity contribution < 1.29 is 0 Å². The fourth-order valence-corrected chi connectivity index (χ4v) is 1.50. The summed E-state index contributed by atoms with van der Waals surface area (Å²) < 4.78 is 0. The molecule has 1 saturated carbocycles. The lowest BCUT2D eigenvalue weighted by Gasteiger charge is -2.20. The Bertz CT molecular complexity index is 140. The smallest absolute Gasteiger partial charge is 0.0773 e. The van der Waals surface area contributed by atoms with Gasteiger partial charge in [-0.2, -0.15) is 0 Å². The van der Waals surface area contributed by atoms with Crippen molar-refractivity contribution in [2.24, 2.45) is 5.73 Å². The van der Waals surface area contributed by atoms with Crippen molar-refractivity contribution >= 4 is 12.4 Å². The SMILES string of the molecule is C#CC1(N)CCCCCC1.Cl. The fraction of sp³-hybridized carbons (Fsp3) is 0.778. The summed E-state index contributed by atoms with van der Waals surface area (Å²) in [5.74, 6) is 2.70. The number of halogens is 1. The van der Waals surface area contributed by atoms with Crippen molar-refractivity contribution in [2.45, 2.75) is 44.1 Å². The van der Waals surface area contributed by atoms with Gasteiger partial charge >= 0.3 is 0 Å². The van der Waals surface area contributed by atoms with Gasteiger partial charge in [0.05, 0.1) is 5.54 Å². The standard InChI is InChI=1S/C9H15N.ClH/c1-2-9(10)7-5-3-4-6-8-9;/h1H,3-8,10H2;1H. The van der Waals surface area contributed by atoms with E-state index in [1.807, 2.05) is 0 Å². The predicted octanol–water partition coefficient (Wildman–Crippen LogP) is 2.09. The lowest BCUT2D eigenvalue weighted by molar-refractivity contribution is 0.478. The summed E-state index contributed by atoms with van der Waals surface area (Å²) in [5, 5.41) is 0. The Kier molecular flexibility index (Phi) is 4.56. The van der Waals surface area contributed by atoms with E-state index in [0.29, 0.717) is 0 Å². The van der Waals surface area contributed by atoms with Crippen LogP contribution in [0.4, 0.5) is 0 Å². The molecule has 0 aromatic carbocycles. The molecule has 1 aliphatic carbocycles. The Hall–Kier alpha value is -0.190. The van der Waals surface area contributed by atoms with Crippen LogP contribution < -0.4 is 5.73 Å². The van der Waals surface area contributed by atoms with Crippen LogP contribution in [0, 0.1) is 12.3 Å². The second-order valence-corrected chi connectivity index (χ2v) is 3.21. The van der Waals surface area contributed by atoms with E-state index in [2.05, 4.69) is 5.92 Å². The maximum absolute atomic E-state index is 5.92. The molecule has 0 aliphatic heterocycles. The molecule has 0 saturated heterocycles. The normalized spacial score (nSPS) is 22.5. The molecule has 0 radical (unpaired) electrons. The second kappa shape index (κ2) is 4.64. The molecule has 0 aromatic heterocycles. The summed E-state index contributed by atoms with van der Waals surface area (Å²) in [4.78, 5) is 0. The molecule has 1 aliphatic rings. The minimum Gasteiger partial charge on any atom is -0.315 e. The van der Waals surface area contributed by atoms with Gasteiger partial charge in [0.1, 0.15) is 0 Å². The lowest BCUT2D eigenvalue weighted by atomic mass is 9.93. The monoisotopic (exact) mass is 173 g/mol. The van der Waals surface area contributed by atoms with E-state index in [4.69, 9.17) is 12.2 Å². The highest BCUT2D eigenvalue weighted by molar-refractivity contribution is 5.85. The van der Waals surface area contributed by atoms with Crippen LogP contribution in [-0.2, 0) is 0 Å². The molecule has 1 rings (SSSR count). The third-order valence-corrected chi connectivity index (χ3v) is 2.28. The van der Waals surface area contributed by atoms with E-state index in [0.717, 1.165) is 12.8 Å². The van der Waals surface area contributed by atoms with Gasteiger partial charge in [0.25, 0.3) is 0 Å². The van der Waals surface area contributed by atoms with Crippen molar-refractivity contribution in [3.63, 3.8) is 0 Å². The van der Waals surface area contributed by atoms with Gasteiger partial charge in [-0.25, -0.2) is 0 Å². The highest BCUT2D eigenvalue weighted by Gasteiger charge is 2.22. The van der Waals surface area contributed by atoms with Crippen molar-refractivity contribution in [1.29, 1.82) is 0 Å². The van der Waals surface area contributed by atoms with Crippen LogP contribution in [-0.4, -0.2) is 5.54 Å². The summed E-state index contributed by atoms with van der Waals surface area (Å²) in [6.45, 7) is 0. The van der Waals surface area contributed by atoms with Crippen LogP contribution in [0.3, 0.4) is 0 Å². The van der Waals surface area contributed by atoms with Gasteiger partial charge in [0.2, 0.25) is 0 Å². The molecule has 2 heteroatoms. The maximum Gasteiger partial charge on any atom is 0.0773 e. The molecule has 0 bridgehead atoms. The third-order valence-electron chi connectivity index (χ3n) is 2.28. The minimum atomic E-state index is -0.267. The largest absolute Gasteiger partial charge is 0.315 e. The lowest BCUT2D eigenvalue weighted by Crippen LogP contribution is -2.37. The average molecular weight is 174 g/mol. The highest BCUT2D eigenvalue weighted by atomic mass is 35.5. The maximum atomic E-state index is 5.92. The number of rotatable bonds is 0. The predicted molar refractivity (Wildman–Crippen MR) is 50.7 cm³/mol. The Morgan fingerprint density at radius 3 is 1.91 bits per heavy atom. The Morgan fingerprint density at radius 1 is 1.09 bits per heavy atom. The van der Waals surface area contributed by atoms with Gasteiger partial charge in [-0.05, 0) is 12.8 Å². The van der Waals surface area contributed by atoms with Crippen molar-refractivity contribution in [2.75, 3.05) is 0 Å². The van der Waals surface area contributed by atoms with Crippen LogP contribution >= 0.6 is 12.4 Å². The number of terminal acetylenes is 1. The second-order valence-electron chi connectivity index (χ2n) is 3.21. The van der Waals surface area contributed by atoms with E-state index in [1.54, 1.807) is 0 Å². The fourth-order valence-electron chi connectivity index (χ4n) is 1.50.